The van der Waals surface area contributed by atoms with E-state index in [1.807, 2.05) is 56.3 Å². The lowest BCUT2D eigenvalue weighted by Crippen LogP contribution is -2.43. The number of hydrogen-bond acceptors (Lipinski definition) is 4. The molecule has 0 aliphatic carbocycles. The smallest absolute Gasteiger partial charge is 0.250 e. The Hall–Kier alpha value is -1.34. The highest BCUT2D eigenvalue weighted by atomic mass is 79.9. The molecule has 0 bridgehead atoms. The summed E-state index contributed by atoms with van der Waals surface area (Å²) in [5.41, 5.74) is 1.99. The van der Waals surface area contributed by atoms with E-state index in [1.165, 1.54) is 0 Å². The summed E-state index contributed by atoms with van der Waals surface area (Å²) in [6.45, 7) is 15.4. The monoisotopic (exact) mass is 494 g/mol. The Kier molecular flexibility index (Phi) is 8.57. The summed E-state index contributed by atoms with van der Waals surface area (Å²) in [6.07, 6.45) is -0.539. The molecular weight excluding hydrogens is 460 g/mol. The zero-order chi connectivity index (χ0) is 22.5. The topological polar surface area (TPSA) is 47.9 Å². The second-order valence-corrected chi connectivity index (χ2v) is 14.8. The van der Waals surface area contributed by atoms with Crippen LogP contribution in [0.5, 0.6) is 11.5 Å². The van der Waals surface area contributed by atoms with Crippen LogP contribution in [0.4, 0.5) is 0 Å². The van der Waals surface area contributed by atoms with E-state index in [2.05, 4.69) is 49.8 Å². The molecule has 0 aliphatic rings. The fraction of sp³-hybridized carbons (Fsp3) is 0.500. The van der Waals surface area contributed by atoms with Crippen LogP contribution in [0, 0.1) is 0 Å². The van der Waals surface area contributed by atoms with E-state index in [-0.39, 0.29) is 23.9 Å². The second kappa shape index (κ2) is 10.3. The molecule has 0 aromatic heterocycles. The molecular formula is C24H35BrO4Si. The molecule has 0 heterocycles. The van der Waals surface area contributed by atoms with Crippen LogP contribution in [-0.2, 0) is 11.3 Å². The summed E-state index contributed by atoms with van der Waals surface area (Å²) in [5.74, 6) is 1.54. The molecule has 0 radical (unpaired) electrons. The number of hydrogen-bond donors (Lipinski definition) is 1. The summed E-state index contributed by atoms with van der Waals surface area (Å²) in [7, 11) is -2.00. The molecule has 0 aliphatic heterocycles. The van der Waals surface area contributed by atoms with Gasteiger partial charge in [0.2, 0.25) is 8.32 Å². The summed E-state index contributed by atoms with van der Waals surface area (Å²) >= 11 is 3.69. The second-order valence-electron chi connectivity index (χ2n) is 9.23. The van der Waals surface area contributed by atoms with Crippen molar-refractivity contribution in [2.24, 2.45) is 0 Å². The predicted octanol–water partition coefficient (Wildman–Crippen LogP) is 6.87. The number of aliphatic hydroxyl groups is 1. The molecule has 0 saturated heterocycles. The summed E-state index contributed by atoms with van der Waals surface area (Å²) < 4.78 is 19.6. The first kappa shape index (κ1) is 24.9. The van der Waals surface area contributed by atoms with E-state index < -0.39 is 8.32 Å². The Morgan fingerprint density at radius 1 is 1.07 bits per heavy atom. The molecule has 2 aromatic carbocycles. The van der Waals surface area contributed by atoms with Crippen molar-refractivity contribution in [3.8, 4) is 11.5 Å². The fourth-order valence-corrected chi connectivity index (χ4v) is 4.33. The minimum absolute atomic E-state index is 0.0358. The Labute approximate surface area is 190 Å². The van der Waals surface area contributed by atoms with Gasteiger partial charge in [0.15, 0.2) is 0 Å². The van der Waals surface area contributed by atoms with Crippen LogP contribution in [0.3, 0.4) is 0 Å². The van der Waals surface area contributed by atoms with E-state index in [4.69, 9.17) is 13.9 Å². The van der Waals surface area contributed by atoms with E-state index in [9.17, 15) is 5.11 Å². The van der Waals surface area contributed by atoms with Crippen molar-refractivity contribution >= 4 is 24.2 Å². The molecule has 166 valence electrons. The maximum Gasteiger partial charge on any atom is 0.250 e. The van der Waals surface area contributed by atoms with Gasteiger partial charge in [0.05, 0.1) is 23.3 Å². The van der Waals surface area contributed by atoms with Crippen LogP contribution < -0.4 is 9.16 Å². The van der Waals surface area contributed by atoms with Crippen molar-refractivity contribution < 1.29 is 19.0 Å². The van der Waals surface area contributed by atoms with Crippen molar-refractivity contribution in [1.82, 2.24) is 0 Å². The van der Waals surface area contributed by atoms with Crippen LogP contribution in [0.1, 0.15) is 51.8 Å². The zero-order valence-corrected chi connectivity index (χ0v) is 21.7. The molecule has 0 fully saturated rings. The van der Waals surface area contributed by atoms with Crippen LogP contribution in [0.25, 0.3) is 0 Å². The van der Waals surface area contributed by atoms with E-state index in [0.29, 0.717) is 6.61 Å². The van der Waals surface area contributed by atoms with Crippen LogP contribution in [0.15, 0.2) is 46.9 Å². The van der Waals surface area contributed by atoms with Gasteiger partial charge >= 0.3 is 0 Å². The van der Waals surface area contributed by atoms with Crippen molar-refractivity contribution in [2.45, 2.75) is 71.6 Å². The largest absolute Gasteiger partial charge is 0.543 e. The average Bonchev–Trinajstić information content (AvgIpc) is 2.66. The molecule has 0 unspecified atom stereocenters. The van der Waals surface area contributed by atoms with Crippen LogP contribution in [-0.4, -0.2) is 26.1 Å². The van der Waals surface area contributed by atoms with Gasteiger partial charge in [-0.15, -0.1) is 0 Å². The molecule has 4 nitrogen and oxygen atoms in total. The number of aliphatic hydroxyl groups excluding tert-OH is 1. The standard InChI is InChI=1S/C24H35BrO4Si/c1-17(15-26)28-18(2)21-13-20(29-30(6,7)24(3,4)5)14-22(25)23(21)27-16-19-11-9-8-10-12-19/h8-14,17-18,26H,15-16H2,1-7H3/t17-,18-/m0/s1. The number of benzene rings is 2. The Bertz CT molecular complexity index is 818. The lowest BCUT2D eigenvalue weighted by atomic mass is 10.1. The number of rotatable bonds is 9. The summed E-state index contributed by atoms with van der Waals surface area (Å²) in [4.78, 5) is 0. The lowest BCUT2D eigenvalue weighted by molar-refractivity contribution is -0.0231. The van der Waals surface area contributed by atoms with Crippen molar-refractivity contribution in [3.05, 3.63) is 58.1 Å². The van der Waals surface area contributed by atoms with Gasteiger partial charge in [0.25, 0.3) is 0 Å². The van der Waals surface area contributed by atoms with E-state index in [1.54, 1.807) is 0 Å². The third-order valence-electron chi connectivity index (χ3n) is 5.58. The van der Waals surface area contributed by atoms with Gasteiger partial charge in [-0.2, -0.15) is 0 Å². The minimum Gasteiger partial charge on any atom is -0.543 e. The molecule has 0 spiro atoms. The number of ether oxygens (including phenoxy) is 2. The number of halogens is 1. The molecule has 0 amide bonds. The Morgan fingerprint density at radius 3 is 2.27 bits per heavy atom. The first-order valence-corrected chi connectivity index (χ1v) is 14.1. The van der Waals surface area contributed by atoms with Gasteiger partial charge < -0.3 is 19.0 Å². The fourth-order valence-electron chi connectivity index (χ4n) is 2.74. The maximum absolute atomic E-state index is 9.42. The zero-order valence-electron chi connectivity index (χ0n) is 19.2. The van der Waals surface area contributed by atoms with Crippen molar-refractivity contribution in [1.29, 1.82) is 0 Å². The van der Waals surface area contributed by atoms with Gasteiger partial charge in [-0.05, 0) is 65.6 Å². The quantitative estimate of drug-likeness (QED) is 0.386. The van der Waals surface area contributed by atoms with Crippen LogP contribution >= 0.6 is 15.9 Å². The molecule has 1 N–H and O–H groups in total. The highest BCUT2D eigenvalue weighted by molar-refractivity contribution is 9.10. The maximum atomic E-state index is 9.42. The van der Waals surface area contributed by atoms with E-state index in [0.717, 1.165) is 27.1 Å². The molecule has 30 heavy (non-hydrogen) atoms. The normalized spacial score (nSPS) is 14.3. The highest BCUT2D eigenvalue weighted by Crippen LogP contribution is 2.42. The Balaban J connectivity index is 2.39. The van der Waals surface area contributed by atoms with Crippen molar-refractivity contribution in [2.75, 3.05) is 6.61 Å². The van der Waals surface area contributed by atoms with Gasteiger partial charge in [-0.25, -0.2) is 0 Å². The third kappa shape index (κ3) is 6.58. The van der Waals surface area contributed by atoms with Crippen molar-refractivity contribution in [3.63, 3.8) is 0 Å². The lowest BCUT2D eigenvalue weighted by Gasteiger charge is -2.36. The van der Waals surface area contributed by atoms with Gasteiger partial charge in [-0.3, -0.25) is 0 Å². The van der Waals surface area contributed by atoms with Gasteiger partial charge in [-0.1, -0.05) is 51.1 Å². The SMILES string of the molecule is C[C@H](O[C@@H](C)CO)c1cc(O[Si](C)(C)C(C)(C)C)cc(Br)c1OCc1ccccc1. The van der Waals surface area contributed by atoms with Gasteiger partial charge in [0.1, 0.15) is 18.1 Å². The molecule has 2 atom stereocenters. The Morgan fingerprint density at radius 2 is 1.70 bits per heavy atom. The summed E-state index contributed by atoms with van der Waals surface area (Å²) in [5, 5.41) is 9.51. The first-order valence-electron chi connectivity index (χ1n) is 10.4. The van der Waals surface area contributed by atoms with Gasteiger partial charge in [0, 0.05) is 5.56 Å². The predicted molar refractivity (Wildman–Crippen MR) is 129 cm³/mol. The average molecular weight is 496 g/mol. The highest BCUT2D eigenvalue weighted by Gasteiger charge is 2.39. The summed E-state index contributed by atoms with van der Waals surface area (Å²) in [6, 6.07) is 14.1. The molecule has 6 heteroatoms. The molecule has 0 saturated carbocycles. The minimum atomic E-state index is -2.00. The molecule has 2 aromatic rings. The molecule has 2 rings (SSSR count). The van der Waals surface area contributed by atoms with Crippen LogP contribution in [0.2, 0.25) is 18.1 Å². The van der Waals surface area contributed by atoms with E-state index >= 15 is 0 Å². The first-order chi connectivity index (χ1) is 13.9. The third-order valence-corrected chi connectivity index (χ3v) is 10.5.